The van der Waals surface area contributed by atoms with Crippen LogP contribution in [-0.2, 0) is 6.54 Å². The average Bonchev–Trinajstić information content (AvgIpc) is 3.15. The number of amides is 1. The molecule has 2 aliphatic rings. The molecule has 6 nitrogen and oxygen atoms in total. The van der Waals surface area contributed by atoms with Gasteiger partial charge in [0.25, 0.3) is 0 Å². The van der Waals surface area contributed by atoms with Gasteiger partial charge in [0.05, 0.1) is 0 Å². The molecule has 1 aromatic heterocycles. The summed E-state index contributed by atoms with van der Waals surface area (Å²) in [5.41, 5.74) is 0. The summed E-state index contributed by atoms with van der Waals surface area (Å²) in [6.45, 7) is 5.74. The number of nitrogens with zero attached hydrogens (tertiary/aromatic N) is 4. The molecule has 0 bridgehead atoms. The molecular weight excluding hydrogens is 522 g/mol. The van der Waals surface area contributed by atoms with Gasteiger partial charge in [0.15, 0.2) is 0 Å². The molecule has 0 atom stereocenters. The summed E-state index contributed by atoms with van der Waals surface area (Å²) in [7, 11) is 0. The molecule has 3 heterocycles. The summed E-state index contributed by atoms with van der Waals surface area (Å²) in [6.07, 6.45) is 3.58. The second-order valence-electron chi connectivity index (χ2n) is 6.30. The highest BCUT2D eigenvalue weighted by atomic mass is 127. The lowest BCUT2D eigenvalue weighted by Crippen LogP contribution is -2.37. The van der Waals surface area contributed by atoms with Gasteiger partial charge in [-0.05, 0) is 84.0 Å². The third-order valence-electron chi connectivity index (χ3n) is 4.87. The van der Waals surface area contributed by atoms with Gasteiger partial charge in [0.1, 0.15) is 13.2 Å². The predicted molar refractivity (Wildman–Crippen MR) is 105 cm³/mol. The minimum atomic E-state index is -0.801. The van der Waals surface area contributed by atoms with E-state index in [0.29, 0.717) is 19.0 Å². The van der Waals surface area contributed by atoms with Crippen LogP contribution < -0.4 is 0 Å². The first-order valence-electron chi connectivity index (χ1n) is 8.18. The zero-order chi connectivity index (χ0) is 16.4. The Labute approximate surface area is 163 Å². The normalized spacial score (nSPS) is 20.3. The maximum Gasteiger partial charge on any atom is 0.407 e. The number of carboxylic acid groups (broad SMARTS) is 1. The highest BCUT2D eigenvalue weighted by molar-refractivity contribution is 14.1. The minimum Gasteiger partial charge on any atom is -0.465 e. The summed E-state index contributed by atoms with van der Waals surface area (Å²) in [4.78, 5) is 19.9. The van der Waals surface area contributed by atoms with Gasteiger partial charge in [0.2, 0.25) is 0 Å². The van der Waals surface area contributed by atoms with E-state index in [9.17, 15) is 4.79 Å². The lowest BCUT2D eigenvalue weighted by molar-refractivity contribution is 0.131. The molecular formula is C15H22I2N4O2. The Bertz CT molecular complexity index is 564. The van der Waals surface area contributed by atoms with Crippen molar-refractivity contribution in [1.82, 2.24) is 19.4 Å². The van der Waals surface area contributed by atoms with Gasteiger partial charge in [-0.15, -0.1) is 0 Å². The Morgan fingerprint density at radius 1 is 1.13 bits per heavy atom. The topological polar surface area (TPSA) is 61.6 Å². The fourth-order valence-corrected chi connectivity index (χ4v) is 4.67. The van der Waals surface area contributed by atoms with E-state index in [1.807, 2.05) is 0 Å². The molecule has 128 valence electrons. The first-order valence-corrected chi connectivity index (χ1v) is 10.3. The second-order valence-corrected chi connectivity index (χ2v) is 8.34. The zero-order valence-electron chi connectivity index (χ0n) is 13.0. The molecule has 2 aliphatic heterocycles. The molecule has 8 heteroatoms. The van der Waals surface area contributed by atoms with Gasteiger partial charge in [-0.1, -0.05) is 0 Å². The molecule has 0 aliphatic carbocycles. The van der Waals surface area contributed by atoms with Crippen LogP contribution in [0.15, 0.2) is 0 Å². The Morgan fingerprint density at radius 3 is 2.39 bits per heavy atom. The molecule has 3 rings (SSSR count). The van der Waals surface area contributed by atoms with Gasteiger partial charge in [-0.2, -0.15) is 0 Å². The second kappa shape index (κ2) is 7.85. The molecule has 0 radical (unpaired) electrons. The van der Waals surface area contributed by atoms with Crippen molar-refractivity contribution in [2.75, 3.05) is 32.7 Å². The van der Waals surface area contributed by atoms with Crippen LogP contribution in [0.1, 0.15) is 37.4 Å². The first-order chi connectivity index (χ1) is 11.1. The van der Waals surface area contributed by atoms with E-state index in [4.69, 9.17) is 10.1 Å². The summed E-state index contributed by atoms with van der Waals surface area (Å²) in [5, 5.41) is 9.10. The van der Waals surface area contributed by atoms with Crippen molar-refractivity contribution in [3.63, 3.8) is 0 Å². The number of aromatic nitrogens is 2. The van der Waals surface area contributed by atoms with Gasteiger partial charge in [0, 0.05) is 32.1 Å². The summed E-state index contributed by atoms with van der Waals surface area (Å²) >= 11 is 4.71. The Kier molecular flexibility index (Phi) is 6.05. The molecule has 0 spiro atoms. The van der Waals surface area contributed by atoms with Gasteiger partial charge < -0.3 is 19.5 Å². The molecule has 1 aromatic rings. The SMILES string of the molecule is O=C(O)N1CCC(c2nc(I)c(I)n2CCN2CCCC2)CC1. The van der Waals surface area contributed by atoms with Crippen LogP contribution in [-0.4, -0.2) is 63.3 Å². The van der Waals surface area contributed by atoms with Crippen LogP contribution in [0.3, 0.4) is 0 Å². The van der Waals surface area contributed by atoms with Crippen LogP contribution in [0, 0.1) is 7.40 Å². The van der Waals surface area contributed by atoms with Crippen molar-refractivity contribution >= 4 is 51.3 Å². The third kappa shape index (κ3) is 4.12. The molecule has 23 heavy (non-hydrogen) atoms. The number of hydrogen-bond donors (Lipinski definition) is 1. The molecule has 0 saturated carbocycles. The van der Waals surface area contributed by atoms with Crippen molar-refractivity contribution in [2.45, 2.75) is 38.1 Å². The lowest BCUT2D eigenvalue weighted by atomic mass is 9.96. The number of carbonyl (C=O) groups is 1. The number of hydrogen-bond acceptors (Lipinski definition) is 3. The number of rotatable bonds is 4. The van der Waals surface area contributed by atoms with E-state index in [1.165, 1.54) is 34.5 Å². The highest BCUT2D eigenvalue weighted by Gasteiger charge is 2.28. The lowest BCUT2D eigenvalue weighted by Gasteiger charge is -2.30. The quantitative estimate of drug-likeness (QED) is 0.593. The molecule has 2 fully saturated rings. The third-order valence-corrected chi connectivity index (χ3v) is 7.74. The molecule has 0 unspecified atom stereocenters. The van der Waals surface area contributed by atoms with Gasteiger partial charge >= 0.3 is 6.09 Å². The molecule has 1 amide bonds. The van der Waals surface area contributed by atoms with Crippen molar-refractivity contribution in [3.05, 3.63) is 13.2 Å². The van der Waals surface area contributed by atoms with Gasteiger partial charge in [-0.3, -0.25) is 0 Å². The van der Waals surface area contributed by atoms with E-state index in [-0.39, 0.29) is 0 Å². The predicted octanol–water partition coefficient (Wildman–Crippen LogP) is 3.05. The fraction of sp³-hybridized carbons (Fsp3) is 0.733. The van der Waals surface area contributed by atoms with Crippen LogP contribution >= 0.6 is 45.2 Å². The van der Waals surface area contributed by atoms with Crippen molar-refractivity contribution < 1.29 is 9.90 Å². The van der Waals surface area contributed by atoms with Crippen molar-refractivity contribution in [2.24, 2.45) is 0 Å². The van der Waals surface area contributed by atoms with Crippen LogP contribution in [0.4, 0.5) is 4.79 Å². The number of halogens is 2. The van der Waals surface area contributed by atoms with Gasteiger partial charge in [-0.25, -0.2) is 9.78 Å². The highest BCUT2D eigenvalue weighted by Crippen LogP contribution is 2.30. The average molecular weight is 544 g/mol. The molecule has 0 aromatic carbocycles. The Balaban J connectivity index is 1.69. The Hall–Kier alpha value is -0.100. The zero-order valence-corrected chi connectivity index (χ0v) is 17.4. The maximum atomic E-state index is 11.1. The van der Waals surface area contributed by atoms with E-state index in [1.54, 1.807) is 0 Å². The molecule has 1 N–H and O–H groups in total. The van der Waals surface area contributed by atoms with Crippen molar-refractivity contribution in [3.8, 4) is 0 Å². The number of piperidine rings is 1. The number of imidazole rings is 1. The minimum absolute atomic E-state index is 0.376. The van der Waals surface area contributed by atoms with Crippen molar-refractivity contribution in [1.29, 1.82) is 0 Å². The first kappa shape index (κ1) is 17.7. The van der Waals surface area contributed by atoms with E-state index < -0.39 is 6.09 Å². The molecule has 2 saturated heterocycles. The summed E-state index contributed by atoms with van der Waals surface area (Å²) < 4.78 is 4.65. The summed E-state index contributed by atoms with van der Waals surface area (Å²) in [6, 6.07) is 0. The van der Waals surface area contributed by atoms with E-state index >= 15 is 0 Å². The van der Waals surface area contributed by atoms with Crippen LogP contribution in [0.2, 0.25) is 0 Å². The van der Waals surface area contributed by atoms with E-state index in [0.717, 1.165) is 35.5 Å². The Morgan fingerprint density at radius 2 is 1.78 bits per heavy atom. The number of likely N-dealkylation sites (tertiary alicyclic amines) is 2. The van der Waals surface area contributed by atoms with Crippen LogP contribution in [0.5, 0.6) is 0 Å². The largest absolute Gasteiger partial charge is 0.465 e. The fourth-order valence-electron chi connectivity index (χ4n) is 3.52. The monoisotopic (exact) mass is 544 g/mol. The smallest absolute Gasteiger partial charge is 0.407 e. The van der Waals surface area contributed by atoms with E-state index in [2.05, 4.69) is 54.6 Å². The maximum absolute atomic E-state index is 11.1. The van der Waals surface area contributed by atoms with Crippen LogP contribution in [0.25, 0.3) is 0 Å². The standard InChI is InChI=1S/C15H22I2N4O2/c16-12-13(17)21(10-9-19-5-1-2-6-19)14(18-12)11-3-7-20(8-4-11)15(22)23/h11H,1-10H2,(H,22,23). The summed E-state index contributed by atoms with van der Waals surface area (Å²) in [5.74, 6) is 1.53.